The first-order valence-electron chi connectivity index (χ1n) is 10.8. The minimum Gasteiger partial charge on any atom is -0.444 e. The minimum absolute atomic E-state index is 0.220. The van der Waals surface area contributed by atoms with Gasteiger partial charge in [-0.25, -0.2) is 9.18 Å². The number of carbonyl (C=O) groups excluding carboxylic acids is 1. The van der Waals surface area contributed by atoms with E-state index < -0.39 is 24.0 Å². The molecular formula is C25H35FN2O3. The van der Waals surface area contributed by atoms with Gasteiger partial charge in [0.05, 0.1) is 12.7 Å². The van der Waals surface area contributed by atoms with Crippen LogP contribution in [0, 0.1) is 0 Å². The van der Waals surface area contributed by atoms with Crippen LogP contribution in [0.4, 0.5) is 9.18 Å². The summed E-state index contributed by atoms with van der Waals surface area (Å²) in [5.41, 5.74) is 1.73. The van der Waals surface area contributed by atoms with Crippen molar-refractivity contribution in [2.45, 2.75) is 58.7 Å². The molecule has 170 valence electrons. The summed E-state index contributed by atoms with van der Waals surface area (Å²) in [6.07, 6.45) is -2.25. The molecule has 0 heterocycles. The van der Waals surface area contributed by atoms with E-state index in [1.165, 1.54) is 0 Å². The van der Waals surface area contributed by atoms with Crippen molar-refractivity contribution in [1.82, 2.24) is 10.2 Å². The fraction of sp³-hybridized carbons (Fsp3) is 0.480. The summed E-state index contributed by atoms with van der Waals surface area (Å²) in [5.74, 6) is 0. The predicted octanol–water partition coefficient (Wildman–Crippen LogP) is 4.96. The lowest BCUT2D eigenvalue weighted by Crippen LogP contribution is -2.38. The van der Waals surface area contributed by atoms with Gasteiger partial charge < -0.3 is 14.8 Å². The molecule has 31 heavy (non-hydrogen) atoms. The number of benzene rings is 2. The van der Waals surface area contributed by atoms with Gasteiger partial charge >= 0.3 is 6.09 Å². The lowest BCUT2D eigenvalue weighted by atomic mass is 10.1. The molecule has 1 N–H and O–H groups in total. The number of amides is 1. The third kappa shape index (κ3) is 10.4. The van der Waals surface area contributed by atoms with Gasteiger partial charge in [0.25, 0.3) is 0 Å². The monoisotopic (exact) mass is 430 g/mol. The second kappa shape index (κ2) is 12.4. The van der Waals surface area contributed by atoms with Crippen LogP contribution in [0.1, 0.15) is 38.8 Å². The third-order valence-electron chi connectivity index (χ3n) is 4.59. The van der Waals surface area contributed by atoms with Gasteiger partial charge in [0.2, 0.25) is 0 Å². The second-order valence-electron chi connectivity index (χ2n) is 8.66. The summed E-state index contributed by atoms with van der Waals surface area (Å²) >= 11 is 0. The Bertz CT molecular complexity index is 724. The number of ether oxygens (including phenoxy) is 2. The van der Waals surface area contributed by atoms with Crippen molar-refractivity contribution in [2.75, 3.05) is 19.7 Å². The van der Waals surface area contributed by atoms with Gasteiger partial charge in [0.15, 0.2) is 0 Å². The molecule has 0 bridgehead atoms. The van der Waals surface area contributed by atoms with E-state index >= 15 is 0 Å². The lowest BCUT2D eigenvalue weighted by Gasteiger charge is -2.27. The van der Waals surface area contributed by atoms with E-state index in [2.05, 4.69) is 10.2 Å². The first-order chi connectivity index (χ1) is 14.7. The summed E-state index contributed by atoms with van der Waals surface area (Å²) in [4.78, 5) is 13.8. The quantitative estimate of drug-likeness (QED) is 0.512. The van der Waals surface area contributed by atoms with Crippen molar-refractivity contribution >= 4 is 6.09 Å². The van der Waals surface area contributed by atoms with Crippen LogP contribution >= 0.6 is 0 Å². The van der Waals surface area contributed by atoms with Crippen molar-refractivity contribution in [3.05, 3.63) is 71.8 Å². The molecule has 1 amide bonds. The molecule has 0 radical (unpaired) electrons. The topological polar surface area (TPSA) is 50.8 Å². The molecule has 0 saturated heterocycles. The Kier molecular flexibility index (Phi) is 9.95. The van der Waals surface area contributed by atoms with Crippen molar-refractivity contribution in [1.29, 1.82) is 0 Å². The molecule has 0 spiro atoms. The molecule has 2 rings (SSSR count). The molecule has 0 aromatic heterocycles. The zero-order valence-corrected chi connectivity index (χ0v) is 19.0. The first-order valence-corrected chi connectivity index (χ1v) is 10.8. The van der Waals surface area contributed by atoms with E-state index in [1.807, 2.05) is 60.7 Å². The Morgan fingerprint density at radius 2 is 1.52 bits per heavy atom. The van der Waals surface area contributed by atoms with E-state index in [0.717, 1.165) is 11.1 Å². The molecule has 2 aromatic rings. The number of rotatable bonds is 11. The number of nitrogens with zero attached hydrogens (tertiary/aromatic N) is 1. The average molecular weight is 431 g/mol. The van der Waals surface area contributed by atoms with Crippen LogP contribution in [0.2, 0.25) is 0 Å². The highest BCUT2D eigenvalue weighted by atomic mass is 19.1. The molecule has 0 aliphatic heterocycles. The van der Waals surface area contributed by atoms with Crippen LogP contribution in [0.5, 0.6) is 0 Å². The maximum atomic E-state index is 15.0. The van der Waals surface area contributed by atoms with Gasteiger partial charge in [-0.1, -0.05) is 60.7 Å². The summed E-state index contributed by atoms with van der Waals surface area (Å²) < 4.78 is 25.8. The summed E-state index contributed by atoms with van der Waals surface area (Å²) in [5, 5.41) is 2.62. The van der Waals surface area contributed by atoms with Gasteiger partial charge in [-0.15, -0.1) is 0 Å². The molecular weight excluding hydrogens is 395 g/mol. The Morgan fingerprint density at radius 3 is 2.00 bits per heavy atom. The highest BCUT2D eigenvalue weighted by Crippen LogP contribution is 2.14. The number of hydrogen-bond donors (Lipinski definition) is 1. The van der Waals surface area contributed by atoms with Crippen LogP contribution in [-0.4, -0.2) is 48.6 Å². The zero-order chi connectivity index (χ0) is 22.7. The Morgan fingerprint density at radius 1 is 1.00 bits per heavy atom. The van der Waals surface area contributed by atoms with Crippen molar-refractivity contribution in [3.63, 3.8) is 0 Å². The molecule has 2 unspecified atom stereocenters. The lowest BCUT2D eigenvalue weighted by molar-refractivity contribution is -0.00482. The summed E-state index contributed by atoms with van der Waals surface area (Å²) in [7, 11) is 0. The average Bonchev–Trinajstić information content (AvgIpc) is 2.71. The molecule has 0 saturated carbocycles. The molecule has 2 aromatic carbocycles. The smallest absolute Gasteiger partial charge is 0.407 e. The maximum Gasteiger partial charge on any atom is 0.407 e. The van der Waals surface area contributed by atoms with Crippen molar-refractivity contribution < 1.29 is 18.7 Å². The van der Waals surface area contributed by atoms with Crippen LogP contribution in [0.15, 0.2) is 60.7 Å². The molecule has 6 heteroatoms. The number of halogens is 1. The summed E-state index contributed by atoms with van der Waals surface area (Å²) in [6, 6.07) is 20.1. The normalized spacial score (nSPS) is 13.6. The van der Waals surface area contributed by atoms with E-state index in [0.29, 0.717) is 13.1 Å². The highest BCUT2D eigenvalue weighted by molar-refractivity contribution is 5.67. The summed E-state index contributed by atoms with van der Waals surface area (Å²) in [6.45, 7) is 9.18. The molecule has 0 aliphatic carbocycles. The molecule has 0 fully saturated rings. The van der Waals surface area contributed by atoms with Gasteiger partial charge in [-0.3, -0.25) is 4.90 Å². The predicted molar refractivity (Wildman–Crippen MR) is 122 cm³/mol. The van der Waals surface area contributed by atoms with E-state index in [-0.39, 0.29) is 19.7 Å². The number of alkyl halides is 1. The largest absolute Gasteiger partial charge is 0.444 e. The number of nitrogens with one attached hydrogen (secondary N) is 1. The van der Waals surface area contributed by atoms with Gasteiger partial charge in [0, 0.05) is 26.2 Å². The Labute approximate surface area is 185 Å². The highest BCUT2D eigenvalue weighted by Gasteiger charge is 2.21. The number of hydrogen-bond acceptors (Lipinski definition) is 4. The van der Waals surface area contributed by atoms with E-state index in [9.17, 15) is 9.18 Å². The first kappa shape index (κ1) is 24.8. The van der Waals surface area contributed by atoms with Crippen LogP contribution in [-0.2, 0) is 22.6 Å². The zero-order valence-electron chi connectivity index (χ0n) is 19.0. The van der Waals surface area contributed by atoms with Gasteiger partial charge in [0.1, 0.15) is 11.8 Å². The number of carbonyl (C=O) groups is 1. The van der Waals surface area contributed by atoms with E-state index in [1.54, 1.807) is 27.7 Å². The van der Waals surface area contributed by atoms with Crippen molar-refractivity contribution in [2.24, 2.45) is 0 Å². The standard InChI is InChI=1S/C25H35FN2O3/c1-20(30-16-15-27-24(29)31-25(2,3)4)23(26)19-28(17-21-11-7-5-8-12-21)18-22-13-9-6-10-14-22/h5-14,20,23H,15-19H2,1-4H3,(H,27,29). The molecule has 0 aliphatic rings. The molecule has 5 nitrogen and oxygen atoms in total. The van der Waals surface area contributed by atoms with Crippen molar-refractivity contribution in [3.8, 4) is 0 Å². The van der Waals surface area contributed by atoms with Crippen LogP contribution in [0.25, 0.3) is 0 Å². The fourth-order valence-electron chi connectivity index (χ4n) is 3.08. The van der Waals surface area contributed by atoms with Gasteiger partial charge in [-0.2, -0.15) is 0 Å². The minimum atomic E-state index is -1.16. The SMILES string of the molecule is CC(OCCNC(=O)OC(C)(C)C)C(F)CN(Cc1ccccc1)Cc1ccccc1. The van der Waals surface area contributed by atoms with E-state index in [4.69, 9.17) is 9.47 Å². The van der Waals surface area contributed by atoms with Crippen LogP contribution < -0.4 is 5.32 Å². The third-order valence-corrected chi connectivity index (χ3v) is 4.59. The Hall–Kier alpha value is -2.44. The fourth-order valence-corrected chi connectivity index (χ4v) is 3.08. The maximum absolute atomic E-state index is 15.0. The van der Waals surface area contributed by atoms with Gasteiger partial charge in [-0.05, 0) is 38.8 Å². The van der Waals surface area contributed by atoms with Crippen LogP contribution in [0.3, 0.4) is 0 Å². The number of alkyl carbamates (subject to hydrolysis) is 1. The molecule has 2 atom stereocenters. The second-order valence-corrected chi connectivity index (χ2v) is 8.66. The Balaban J connectivity index is 1.83.